The summed E-state index contributed by atoms with van der Waals surface area (Å²) in [6.45, 7) is 0.885. The van der Waals surface area contributed by atoms with E-state index in [0.717, 1.165) is 30.0 Å². The first kappa shape index (κ1) is 13.5. The van der Waals surface area contributed by atoms with Crippen LogP contribution in [0.2, 0.25) is 0 Å². The molecule has 0 bridgehead atoms. The number of rotatable bonds is 1. The summed E-state index contributed by atoms with van der Waals surface area (Å²) in [6, 6.07) is 6.36. The molecule has 5 nitrogen and oxygen atoms in total. The Bertz CT molecular complexity index is 672. The standard InChI is InChI=1S/C15H19N3O2S/c1-19-9-2-3-13-11(6-9)10-4-5-18-15(14(10)17-13)12(16)7-21-8-20-18/h2-3,6,12,15,17H,4-5,7-8,16H2,1H3/t12-,15?/m1/s1. The van der Waals surface area contributed by atoms with Crippen molar-refractivity contribution in [2.75, 3.05) is 25.3 Å². The second-order valence-electron chi connectivity index (χ2n) is 5.55. The Balaban J connectivity index is 1.85. The quantitative estimate of drug-likeness (QED) is 0.844. The van der Waals surface area contributed by atoms with Crippen LogP contribution in [0, 0.1) is 0 Å². The molecule has 3 N–H and O–H groups in total. The number of hydroxylamine groups is 2. The van der Waals surface area contributed by atoms with Crippen LogP contribution in [-0.2, 0) is 11.3 Å². The third kappa shape index (κ3) is 2.14. The maximum atomic E-state index is 6.39. The minimum absolute atomic E-state index is 0.0755. The van der Waals surface area contributed by atoms with Crippen LogP contribution < -0.4 is 10.5 Å². The maximum Gasteiger partial charge on any atom is 0.119 e. The number of ether oxygens (including phenoxy) is 1. The summed E-state index contributed by atoms with van der Waals surface area (Å²) in [5.74, 6) is 2.50. The van der Waals surface area contributed by atoms with Crippen LogP contribution in [0.5, 0.6) is 5.75 Å². The molecule has 112 valence electrons. The van der Waals surface area contributed by atoms with Crippen LogP contribution in [0.3, 0.4) is 0 Å². The minimum atomic E-state index is 0.0755. The molecular weight excluding hydrogens is 286 g/mol. The van der Waals surface area contributed by atoms with Crippen molar-refractivity contribution in [3.63, 3.8) is 0 Å². The number of hydrogen-bond acceptors (Lipinski definition) is 5. The summed E-state index contributed by atoms with van der Waals surface area (Å²) in [5.41, 5.74) is 10.1. The Morgan fingerprint density at radius 1 is 1.48 bits per heavy atom. The van der Waals surface area contributed by atoms with Gasteiger partial charge in [-0.1, -0.05) is 0 Å². The predicted octanol–water partition coefficient (Wildman–Crippen LogP) is 2.04. The van der Waals surface area contributed by atoms with Crippen molar-refractivity contribution in [2.24, 2.45) is 5.73 Å². The Kier molecular flexibility index (Phi) is 3.34. The van der Waals surface area contributed by atoms with E-state index in [2.05, 4.69) is 22.2 Å². The van der Waals surface area contributed by atoms with Gasteiger partial charge in [0.05, 0.1) is 13.2 Å². The number of fused-ring (bicyclic) bond motifs is 5. The van der Waals surface area contributed by atoms with Gasteiger partial charge in [-0.2, -0.15) is 5.06 Å². The normalized spacial score (nSPS) is 26.2. The number of benzene rings is 1. The summed E-state index contributed by atoms with van der Waals surface area (Å²) in [5, 5.41) is 3.30. The molecule has 1 unspecified atom stereocenters. The van der Waals surface area contributed by atoms with E-state index in [1.807, 2.05) is 6.07 Å². The summed E-state index contributed by atoms with van der Waals surface area (Å²) >= 11 is 1.75. The van der Waals surface area contributed by atoms with Gasteiger partial charge in [-0.15, -0.1) is 11.8 Å². The number of aromatic nitrogens is 1. The molecular formula is C15H19N3O2S. The third-order valence-electron chi connectivity index (χ3n) is 4.35. The van der Waals surface area contributed by atoms with Gasteiger partial charge in [-0.3, -0.25) is 4.84 Å². The van der Waals surface area contributed by atoms with Crippen molar-refractivity contribution < 1.29 is 9.57 Å². The lowest BCUT2D eigenvalue weighted by Crippen LogP contribution is -2.44. The fourth-order valence-corrected chi connectivity index (χ4v) is 4.11. The second kappa shape index (κ2) is 5.21. The van der Waals surface area contributed by atoms with Crippen LogP contribution in [0.15, 0.2) is 18.2 Å². The lowest BCUT2D eigenvalue weighted by molar-refractivity contribution is -0.175. The molecule has 2 aliphatic heterocycles. The van der Waals surface area contributed by atoms with Gasteiger partial charge < -0.3 is 15.5 Å². The van der Waals surface area contributed by atoms with Gasteiger partial charge in [0.15, 0.2) is 0 Å². The maximum absolute atomic E-state index is 6.39. The van der Waals surface area contributed by atoms with E-state index >= 15 is 0 Å². The first-order valence-corrected chi connectivity index (χ1v) is 8.35. The lowest BCUT2D eigenvalue weighted by Gasteiger charge is -2.35. The summed E-state index contributed by atoms with van der Waals surface area (Å²) < 4.78 is 5.35. The lowest BCUT2D eigenvalue weighted by atomic mass is 9.95. The molecule has 6 heteroatoms. The summed E-state index contributed by atoms with van der Waals surface area (Å²) in [4.78, 5) is 9.40. The second-order valence-corrected chi connectivity index (χ2v) is 6.52. The van der Waals surface area contributed by atoms with Crippen molar-refractivity contribution >= 4 is 22.7 Å². The first-order valence-electron chi connectivity index (χ1n) is 7.19. The highest BCUT2D eigenvalue weighted by molar-refractivity contribution is 7.99. The van der Waals surface area contributed by atoms with Gasteiger partial charge >= 0.3 is 0 Å². The van der Waals surface area contributed by atoms with E-state index in [4.69, 9.17) is 15.3 Å². The predicted molar refractivity (Wildman–Crippen MR) is 84.4 cm³/mol. The van der Waals surface area contributed by atoms with E-state index < -0.39 is 0 Å². The van der Waals surface area contributed by atoms with Crippen LogP contribution in [-0.4, -0.2) is 41.4 Å². The molecule has 2 atom stereocenters. The number of methoxy groups -OCH3 is 1. The van der Waals surface area contributed by atoms with Crippen molar-refractivity contribution in [1.29, 1.82) is 0 Å². The van der Waals surface area contributed by atoms with E-state index in [-0.39, 0.29) is 12.1 Å². The molecule has 21 heavy (non-hydrogen) atoms. The molecule has 1 saturated heterocycles. The molecule has 2 aliphatic rings. The van der Waals surface area contributed by atoms with Gasteiger partial charge in [0.2, 0.25) is 0 Å². The molecule has 2 aromatic rings. The fourth-order valence-electron chi connectivity index (χ4n) is 3.35. The number of aromatic amines is 1. The Hall–Kier alpha value is -1.21. The Labute approximate surface area is 127 Å². The average Bonchev–Trinajstić information content (AvgIpc) is 2.77. The van der Waals surface area contributed by atoms with Crippen molar-refractivity contribution in [3.05, 3.63) is 29.5 Å². The van der Waals surface area contributed by atoms with E-state index in [1.54, 1.807) is 18.9 Å². The molecule has 4 rings (SSSR count). The average molecular weight is 305 g/mol. The summed E-state index contributed by atoms with van der Waals surface area (Å²) in [6.07, 6.45) is 0.969. The molecule has 1 aromatic carbocycles. The van der Waals surface area contributed by atoms with Crippen LogP contribution in [0.1, 0.15) is 17.3 Å². The SMILES string of the molecule is COc1ccc2[nH]c3c(c2c1)CCN1OCSC[C@@H](N)C31. The van der Waals surface area contributed by atoms with E-state index in [1.165, 1.54) is 16.6 Å². The largest absolute Gasteiger partial charge is 0.497 e. The highest BCUT2D eigenvalue weighted by Gasteiger charge is 2.36. The molecule has 0 spiro atoms. The Morgan fingerprint density at radius 3 is 3.24 bits per heavy atom. The fraction of sp³-hybridized carbons (Fsp3) is 0.467. The molecule has 3 heterocycles. The van der Waals surface area contributed by atoms with Gasteiger partial charge in [-0.05, 0) is 30.2 Å². The zero-order valence-electron chi connectivity index (χ0n) is 12.0. The van der Waals surface area contributed by atoms with Gasteiger partial charge in [0, 0.05) is 34.9 Å². The van der Waals surface area contributed by atoms with Gasteiger partial charge in [-0.25, -0.2) is 0 Å². The topological polar surface area (TPSA) is 63.5 Å². The highest BCUT2D eigenvalue weighted by Crippen LogP contribution is 2.39. The molecule has 0 saturated carbocycles. The van der Waals surface area contributed by atoms with Crippen LogP contribution >= 0.6 is 11.8 Å². The number of hydrogen-bond donors (Lipinski definition) is 2. The first-order chi connectivity index (χ1) is 10.3. The Morgan fingerprint density at radius 2 is 2.38 bits per heavy atom. The molecule has 1 aromatic heterocycles. The number of nitrogens with zero attached hydrogens (tertiary/aromatic N) is 1. The minimum Gasteiger partial charge on any atom is -0.497 e. The smallest absolute Gasteiger partial charge is 0.119 e. The molecule has 0 amide bonds. The zero-order valence-corrected chi connectivity index (χ0v) is 12.8. The number of H-pyrrole nitrogens is 1. The van der Waals surface area contributed by atoms with E-state index in [9.17, 15) is 0 Å². The van der Waals surface area contributed by atoms with Crippen molar-refractivity contribution in [1.82, 2.24) is 10.0 Å². The summed E-state index contributed by atoms with van der Waals surface area (Å²) in [7, 11) is 1.70. The monoisotopic (exact) mass is 305 g/mol. The zero-order chi connectivity index (χ0) is 14.4. The number of nitrogens with one attached hydrogen (secondary N) is 1. The highest BCUT2D eigenvalue weighted by atomic mass is 32.2. The third-order valence-corrected chi connectivity index (χ3v) is 5.24. The van der Waals surface area contributed by atoms with Crippen molar-refractivity contribution in [3.8, 4) is 5.75 Å². The van der Waals surface area contributed by atoms with Crippen LogP contribution in [0.25, 0.3) is 10.9 Å². The van der Waals surface area contributed by atoms with Gasteiger partial charge in [0.1, 0.15) is 11.7 Å². The van der Waals surface area contributed by atoms with Crippen molar-refractivity contribution in [2.45, 2.75) is 18.5 Å². The number of nitrogens with two attached hydrogens (primary N) is 1. The number of thioether (sulfide) groups is 1. The molecule has 0 aliphatic carbocycles. The molecule has 0 radical (unpaired) electrons. The van der Waals surface area contributed by atoms with Gasteiger partial charge in [0.25, 0.3) is 0 Å². The molecule has 1 fully saturated rings. The van der Waals surface area contributed by atoms with Crippen LogP contribution in [0.4, 0.5) is 0 Å². The van der Waals surface area contributed by atoms with E-state index in [0.29, 0.717) is 5.94 Å².